The fraction of sp³-hybridized carbons (Fsp3) is 0.250. The van der Waals surface area contributed by atoms with Crippen molar-refractivity contribution in [3.63, 3.8) is 0 Å². The predicted molar refractivity (Wildman–Crippen MR) is 77.0 cm³/mol. The van der Waals surface area contributed by atoms with Crippen LogP contribution in [0, 0.1) is 0 Å². The molecule has 1 aromatic carbocycles. The molecule has 0 aliphatic carbocycles. The van der Waals surface area contributed by atoms with Crippen molar-refractivity contribution in [1.82, 2.24) is 14.9 Å². The number of anilines is 1. The summed E-state index contributed by atoms with van der Waals surface area (Å²) >= 11 is 1.13. The summed E-state index contributed by atoms with van der Waals surface area (Å²) in [6, 6.07) is 7.96. The Bertz CT molecular complexity index is 561. The summed E-state index contributed by atoms with van der Waals surface area (Å²) in [6.45, 7) is 2.24. The van der Waals surface area contributed by atoms with Crippen LogP contribution in [-0.4, -0.2) is 28.6 Å². The molecule has 100 valence electrons. The summed E-state index contributed by atoms with van der Waals surface area (Å²) in [6.07, 6.45) is 1.52. The lowest BCUT2D eigenvalue weighted by Crippen LogP contribution is -2.34. The van der Waals surface area contributed by atoms with Gasteiger partial charge in [-0.2, -0.15) is 0 Å². The van der Waals surface area contributed by atoms with Gasteiger partial charge in [0.1, 0.15) is 4.88 Å². The van der Waals surface area contributed by atoms with E-state index in [0.29, 0.717) is 11.4 Å². The third-order valence-electron chi connectivity index (χ3n) is 2.93. The highest BCUT2D eigenvalue weighted by Gasteiger charge is 2.23. The lowest BCUT2D eigenvalue weighted by atomic mass is 10.1. The SMILES string of the molecule is Cl.O=C(c1cnns1)N1CCNCc2ccccc21. The van der Waals surface area contributed by atoms with Gasteiger partial charge in [0.25, 0.3) is 5.91 Å². The second-order valence-corrected chi connectivity index (χ2v) is 4.83. The number of nitrogens with zero attached hydrogens (tertiary/aromatic N) is 3. The Morgan fingerprint density at radius 1 is 1.37 bits per heavy atom. The molecule has 0 radical (unpaired) electrons. The van der Waals surface area contributed by atoms with E-state index < -0.39 is 0 Å². The highest BCUT2D eigenvalue weighted by Crippen LogP contribution is 2.24. The van der Waals surface area contributed by atoms with Gasteiger partial charge < -0.3 is 10.2 Å². The van der Waals surface area contributed by atoms with Gasteiger partial charge in [-0.05, 0) is 23.2 Å². The molecule has 0 bridgehead atoms. The predicted octanol–water partition coefficient (Wildman–Crippen LogP) is 1.71. The zero-order valence-corrected chi connectivity index (χ0v) is 11.7. The molecule has 1 amide bonds. The summed E-state index contributed by atoms with van der Waals surface area (Å²) in [4.78, 5) is 14.8. The first kappa shape index (κ1) is 13.9. The Kier molecular flexibility index (Phi) is 4.47. The average molecular weight is 297 g/mol. The number of hydrogen-bond donors (Lipinski definition) is 1. The van der Waals surface area contributed by atoms with Gasteiger partial charge in [0.15, 0.2) is 0 Å². The van der Waals surface area contributed by atoms with Crippen LogP contribution in [0.5, 0.6) is 0 Å². The van der Waals surface area contributed by atoms with E-state index in [0.717, 1.165) is 35.9 Å². The molecule has 0 saturated carbocycles. The summed E-state index contributed by atoms with van der Waals surface area (Å²) in [5.41, 5.74) is 2.11. The molecule has 5 nitrogen and oxygen atoms in total. The third-order valence-corrected chi connectivity index (χ3v) is 3.58. The molecule has 0 fully saturated rings. The molecule has 1 N–H and O–H groups in total. The van der Waals surface area contributed by atoms with Crippen molar-refractivity contribution >= 4 is 35.5 Å². The number of benzene rings is 1. The number of amides is 1. The molecule has 1 aliphatic heterocycles. The molecule has 19 heavy (non-hydrogen) atoms. The van der Waals surface area contributed by atoms with Crippen LogP contribution < -0.4 is 10.2 Å². The number of nitrogens with one attached hydrogen (secondary N) is 1. The number of para-hydroxylation sites is 1. The van der Waals surface area contributed by atoms with E-state index in [2.05, 4.69) is 14.9 Å². The van der Waals surface area contributed by atoms with E-state index >= 15 is 0 Å². The average Bonchev–Trinajstić information content (AvgIpc) is 2.85. The number of halogens is 1. The van der Waals surface area contributed by atoms with Crippen molar-refractivity contribution in [3.05, 3.63) is 40.9 Å². The Hall–Kier alpha value is -1.50. The molecule has 7 heteroatoms. The maximum Gasteiger partial charge on any atom is 0.271 e. The first-order valence-electron chi connectivity index (χ1n) is 5.74. The molecule has 1 aromatic heterocycles. The molecule has 3 rings (SSSR count). The minimum atomic E-state index is -0.0267. The maximum atomic E-state index is 12.4. The van der Waals surface area contributed by atoms with Gasteiger partial charge in [-0.15, -0.1) is 17.5 Å². The van der Waals surface area contributed by atoms with Gasteiger partial charge in [0.2, 0.25) is 0 Å². The topological polar surface area (TPSA) is 58.1 Å². The quantitative estimate of drug-likeness (QED) is 0.870. The monoisotopic (exact) mass is 296 g/mol. The summed E-state index contributed by atoms with van der Waals surface area (Å²) < 4.78 is 3.75. The number of fused-ring (bicyclic) bond motifs is 1. The molecule has 0 saturated heterocycles. The normalized spacial score (nSPS) is 14.2. The number of aromatic nitrogens is 2. The lowest BCUT2D eigenvalue weighted by molar-refractivity contribution is 0.0991. The number of rotatable bonds is 1. The maximum absolute atomic E-state index is 12.4. The van der Waals surface area contributed by atoms with Gasteiger partial charge in [-0.1, -0.05) is 22.7 Å². The van der Waals surface area contributed by atoms with E-state index in [9.17, 15) is 4.79 Å². The summed E-state index contributed by atoms with van der Waals surface area (Å²) in [5, 5.41) is 7.03. The van der Waals surface area contributed by atoms with E-state index in [1.165, 1.54) is 6.20 Å². The fourth-order valence-electron chi connectivity index (χ4n) is 2.06. The summed E-state index contributed by atoms with van der Waals surface area (Å²) in [5.74, 6) is -0.0267. The van der Waals surface area contributed by atoms with Gasteiger partial charge in [-0.3, -0.25) is 4.79 Å². The van der Waals surface area contributed by atoms with Crippen molar-refractivity contribution < 1.29 is 4.79 Å². The Morgan fingerprint density at radius 2 is 2.21 bits per heavy atom. The van der Waals surface area contributed by atoms with Crippen LogP contribution in [0.25, 0.3) is 0 Å². The number of hydrogen-bond acceptors (Lipinski definition) is 5. The Labute approximate surface area is 121 Å². The van der Waals surface area contributed by atoms with Crippen molar-refractivity contribution in [2.24, 2.45) is 0 Å². The van der Waals surface area contributed by atoms with Crippen LogP contribution in [-0.2, 0) is 6.54 Å². The summed E-state index contributed by atoms with van der Waals surface area (Å²) in [7, 11) is 0. The van der Waals surface area contributed by atoms with Crippen molar-refractivity contribution in [2.45, 2.75) is 6.54 Å². The van der Waals surface area contributed by atoms with E-state index in [-0.39, 0.29) is 18.3 Å². The highest BCUT2D eigenvalue weighted by molar-refractivity contribution is 7.07. The van der Waals surface area contributed by atoms with Gasteiger partial charge >= 0.3 is 0 Å². The Balaban J connectivity index is 0.00000133. The molecule has 0 unspecified atom stereocenters. The van der Waals surface area contributed by atoms with Crippen LogP contribution in [0.1, 0.15) is 15.2 Å². The van der Waals surface area contributed by atoms with Crippen LogP contribution in [0.15, 0.2) is 30.5 Å². The second kappa shape index (κ2) is 6.10. The van der Waals surface area contributed by atoms with Crippen LogP contribution in [0.2, 0.25) is 0 Å². The second-order valence-electron chi connectivity index (χ2n) is 4.04. The standard InChI is InChI=1S/C12H12N4OS.ClH/c17-12(11-8-14-15-18-11)16-6-5-13-7-9-3-1-2-4-10(9)16;/h1-4,8,13H,5-7H2;1H. The van der Waals surface area contributed by atoms with E-state index in [1.807, 2.05) is 24.3 Å². The minimum Gasteiger partial charge on any atom is -0.311 e. The fourth-order valence-corrected chi connectivity index (χ4v) is 2.53. The van der Waals surface area contributed by atoms with Gasteiger partial charge in [0, 0.05) is 25.3 Å². The molecule has 2 heterocycles. The first-order valence-corrected chi connectivity index (χ1v) is 6.51. The van der Waals surface area contributed by atoms with Crippen LogP contribution >= 0.6 is 23.9 Å². The van der Waals surface area contributed by atoms with E-state index in [1.54, 1.807) is 4.90 Å². The molecule has 0 spiro atoms. The first-order chi connectivity index (χ1) is 8.86. The molecular weight excluding hydrogens is 284 g/mol. The van der Waals surface area contributed by atoms with Gasteiger partial charge in [-0.25, -0.2) is 0 Å². The largest absolute Gasteiger partial charge is 0.311 e. The number of carbonyl (C=O) groups excluding carboxylic acids is 1. The van der Waals surface area contributed by atoms with E-state index in [4.69, 9.17) is 0 Å². The zero-order valence-electron chi connectivity index (χ0n) is 10.1. The number of carbonyl (C=O) groups is 1. The van der Waals surface area contributed by atoms with Gasteiger partial charge in [0.05, 0.1) is 6.20 Å². The van der Waals surface area contributed by atoms with Crippen LogP contribution in [0.4, 0.5) is 5.69 Å². The van der Waals surface area contributed by atoms with Crippen molar-refractivity contribution in [3.8, 4) is 0 Å². The highest BCUT2D eigenvalue weighted by atomic mass is 35.5. The molecule has 1 aliphatic rings. The van der Waals surface area contributed by atoms with Crippen molar-refractivity contribution in [1.29, 1.82) is 0 Å². The molecule has 0 atom stereocenters. The molecule has 2 aromatic rings. The molecular formula is C12H13ClN4OS. The lowest BCUT2D eigenvalue weighted by Gasteiger charge is -2.21. The van der Waals surface area contributed by atoms with Crippen LogP contribution in [0.3, 0.4) is 0 Å². The zero-order chi connectivity index (χ0) is 12.4. The Morgan fingerprint density at radius 3 is 3.00 bits per heavy atom. The minimum absolute atomic E-state index is 0. The third kappa shape index (κ3) is 2.75. The smallest absolute Gasteiger partial charge is 0.271 e. The van der Waals surface area contributed by atoms with Crippen molar-refractivity contribution in [2.75, 3.05) is 18.0 Å².